The maximum atomic E-state index is 4.27. The highest BCUT2D eigenvalue weighted by molar-refractivity contribution is 5.39. The minimum atomic E-state index is 0.913. The molecular weight excluding hydrogens is 152 g/mol. The van der Waals surface area contributed by atoms with E-state index in [-0.39, 0.29) is 0 Å². The van der Waals surface area contributed by atoms with Crippen LogP contribution in [0, 0.1) is 13.8 Å². The van der Waals surface area contributed by atoms with Gasteiger partial charge in [-0.2, -0.15) is 0 Å². The Morgan fingerprint density at radius 1 is 1.42 bits per heavy atom. The average Bonchev–Trinajstić information content (AvgIpc) is 2.29. The molecule has 0 N–H and O–H groups in total. The molecule has 0 saturated heterocycles. The Bertz CT molecular complexity index is 430. The number of aromatic nitrogens is 4. The average molecular weight is 163 g/mol. The fraction of sp³-hybridized carbons (Fsp3) is 0.375. The molecule has 62 valence electrons. The van der Waals surface area contributed by atoms with Crippen LogP contribution in [0.3, 0.4) is 0 Å². The summed E-state index contributed by atoms with van der Waals surface area (Å²) in [5, 5.41) is 8.46. The summed E-state index contributed by atoms with van der Waals surface area (Å²) < 4.78 is 3.69. The second kappa shape index (κ2) is 2.27. The van der Waals surface area contributed by atoms with E-state index in [1.807, 2.05) is 29.2 Å². The third-order valence-corrected chi connectivity index (χ3v) is 1.97. The Morgan fingerprint density at radius 3 is 2.83 bits per heavy atom. The van der Waals surface area contributed by atoms with E-state index in [4.69, 9.17) is 0 Å². The molecule has 0 amide bonds. The first-order valence-electron chi connectivity index (χ1n) is 3.87. The SMILES string of the molecule is Cc1ccnn2c(C)n[n+](C)c12. The van der Waals surface area contributed by atoms with Gasteiger partial charge in [0.15, 0.2) is 0 Å². The van der Waals surface area contributed by atoms with Crippen molar-refractivity contribution in [3.05, 3.63) is 23.7 Å². The van der Waals surface area contributed by atoms with E-state index in [0.29, 0.717) is 0 Å². The molecule has 2 rings (SSSR count). The predicted molar refractivity (Wildman–Crippen MR) is 43.6 cm³/mol. The van der Waals surface area contributed by atoms with E-state index in [2.05, 4.69) is 17.1 Å². The van der Waals surface area contributed by atoms with Gasteiger partial charge in [0.25, 0.3) is 5.82 Å². The molecule has 2 heterocycles. The maximum absolute atomic E-state index is 4.27. The Hall–Kier alpha value is -1.45. The molecule has 0 aromatic carbocycles. The van der Waals surface area contributed by atoms with E-state index < -0.39 is 0 Å². The summed E-state index contributed by atoms with van der Waals surface area (Å²) in [6, 6.07) is 1.98. The van der Waals surface area contributed by atoms with Crippen molar-refractivity contribution in [2.75, 3.05) is 0 Å². The van der Waals surface area contributed by atoms with E-state index in [1.54, 1.807) is 6.20 Å². The molecule has 0 unspecified atom stereocenters. The van der Waals surface area contributed by atoms with Gasteiger partial charge in [0.05, 0.1) is 6.20 Å². The topological polar surface area (TPSA) is 34.1 Å². The van der Waals surface area contributed by atoms with Crippen molar-refractivity contribution in [2.24, 2.45) is 7.05 Å². The third-order valence-electron chi connectivity index (χ3n) is 1.97. The highest BCUT2D eigenvalue weighted by Crippen LogP contribution is 2.03. The smallest absolute Gasteiger partial charge is 0.131 e. The Morgan fingerprint density at radius 2 is 2.17 bits per heavy atom. The number of hydrogen-bond acceptors (Lipinski definition) is 2. The van der Waals surface area contributed by atoms with Crippen LogP contribution in [-0.2, 0) is 7.05 Å². The predicted octanol–water partition coefficient (Wildman–Crippen LogP) is 0.171. The van der Waals surface area contributed by atoms with Crippen LogP contribution in [0.4, 0.5) is 0 Å². The van der Waals surface area contributed by atoms with E-state index in [1.165, 1.54) is 5.56 Å². The van der Waals surface area contributed by atoms with E-state index in [9.17, 15) is 0 Å². The van der Waals surface area contributed by atoms with Crippen LogP contribution in [0.1, 0.15) is 11.4 Å². The van der Waals surface area contributed by atoms with Gasteiger partial charge in [-0.25, -0.2) is 0 Å². The van der Waals surface area contributed by atoms with E-state index in [0.717, 1.165) is 11.5 Å². The zero-order valence-corrected chi connectivity index (χ0v) is 7.44. The Balaban J connectivity index is 2.99. The molecule has 2 aromatic heterocycles. The highest BCUT2D eigenvalue weighted by Gasteiger charge is 2.15. The maximum Gasteiger partial charge on any atom is 0.332 e. The van der Waals surface area contributed by atoms with Crippen LogP contribution >= 0.6 is 0 Å². The fourth-order valence-corrected chi connectivity index (χ4v) is 1.44. The van der Waals surface area contributed by atoms with Crippen molar-refractivity contribution < 1.29 is 4.68 Å². The molecule has 12 heavy (non-hydrogen) atoms. The molecule has 2 aromatic rings. The standard InChI is InChI=1S/C8H11N4/c1-6-4-5-9-12-7(2)10-11(3)8(6)12/h4-5H,1-3H3/q+1. The largest absolute Gasteiger partial charge is 0.332 e. The first-order chi connectivity index (χ1) is 5.70. The lowest BCUT2D eigenvalue weighted by atomic mass is 10.3. The van der Waals surface area contributed by atoms with Crippen molar-refractivity contribution in [2.45, 2.75) is 13.8 Å². The van der Waals surface area contributed by atoms with Crippen LogP contribution < -0.4 is 4.68 Å². The number of aryl methyl sites for hydroxylation is 3. The van der Waals surface area contributed by atoms with Gasteiger partial charge < -0.3 is 0 Å². The second-order valence-corrected chi connectivity index (χ2v) is 2.92. The molecule has 0 aliphatic heterocycles. The summed E-state index contributed by atoms with van der Waals surface area (Å²) in [6.45, 7) is 4.00. The third kappa shape index (κ3) is 0.809. The molecular formula is C8H11N4+. The quantitative estimate of drug-likeness (QED) is 0.519. The number of rotatable bonds is 0. The molecule has 4 heteroatoms. The van der Waals surface area contributed by atoms with Gasteiger partial charge in [-0.3, -0.25) is 0 Å². The molecule has 0 bridgehead atoms. The lowest BCUT2D eigenvalue weighted by molar-refractivity contribution is -0.704. The lowest BCUT2D eigenvalue weighted by Crippen LogP contribution is -2.31. The van der Waals surface area contributed by atoms with Gasteiger partial charge in [0.1, 0.15) is 7.05 Å². The molecule has 0 aliphatic rings. The van der Waals surface area contributed by atoms with Crippen molar-refractivity contribution >= 4 is 5.65 Å². The number of fused-ring (bicyclic) bond motifs is 1. The molecule has 0 atom stereocenters. The summed E-state index contributed by atoms with van der Waals surface area (Å²) in [5.41, 5.74) is 2.24. The Kier molecular flexibility index (Phi) is 1.36. The van der Waals surface area contributed by atoms with E-state index >= 15 is 0 Å². The molecule has 0 aliphatic carbocycles. The van der Waals surface area contributed by atoms with Crippen molar-refractivity contribution in [3.8, 4) is 0 Å². The van der Waals surface area contributed by atoms with Crippen LogP contribution in [-0.4, -0.2) is 14.7 Å². The zero-order valence-electron chi connectivity index (χ0n) is 7.44. The van der Waals surface area contributed by atoms with Crippen molar-refractivity contribution in [1.29, 1.82) is 0 Å². The summed E-state index contributed by atoms with van der Waals surface area (Å²) in [4.78, 5) is 0. The van der Waals surface area contributed by atoms with Crippen molar-refractivity contribution in [3.63, 3.8) is 0 Å². The fourth-order valence-electron chi connectivity index (χ4n) is 1.44. The summed E-state index contributed by atoms with van der Waals surface area (Å²) in [5.74, 6) is 0.913. The van der Waals surface area contributed by atoms with Crippen LogP contribution in [0.5, 0.6) is 0 Å². The first kappa shape index (κ1) is 7.21. The normalized spacial score (nSPS) is 10.9. The van der Waals surface area contributed by atoms with Gasteiger partial charge in [-0.05, 0) is 18.1 Å². The second-order valence-electron chi connectivity index (χ2n) is 2.92. The van der Waals surface area contributed by atoms with Gasteiger partial charge >= 0.3 is 5.65 Å². The molecule has 0 radical (unpaired) electrons. The minimum Gasteiger partial charge on any atom is -0.131 e. The van der Waals surface area contributed by atoms with Crippen LogP contribution in [0.25, 0.3) is 5.65 Å². The number of hydrogen-bond donors (Lipinski definition) is 0. The monoisotopic (exact) mass is 163 g/mol. The van der Waals surface area contributed by atoms with Gasteiger partial charge in [-0.15, -0.1) is 4.68 Å². The minimum absolute atomic E-state index is 0.913. The van der Waals surface area contributed by atoms with Crippen LogP contribution in [0.2, 0.25) is 0 Å². The first-order valence-corrected chi connectivity index (χ1v) is 3.87. The van der Waals surface area contributed by atoms with Gasteiger partial charge in [-0.1, -0.05) is 9.61 Å². The summed E-state index contributed by atoms with van der Waals surface area (Å²) in [6.07, 6.45) is 1.79. The van der Waals surface area contributed by atoms with Gasteiger partial charge in [0.2, 0.25) is 0 Å². The highest BCUT2D eigenvalue weighted by atomic mass is 15.4. The lowest BCUT2D eigenvalue weighted by Gasteiger charge is -1.88. The summed E-state index contributed by atoms with van der Waals surface area (Å²) >= 11 is 0. The van der Waals surface area contributed by atoms with Crippen LogP contribution in [0.15, 0.2) is 12.3 Å². The zero-order chi connectivity index (χ0) is 8.72. The molecule has 0 fully saturated rings. The van der Waals surface area contributed by atoms with Crippen molar-refractivity contribution in [1.82, 2.24) is 14.7 Å². The summed E-state index contributed by atoms with van der Waals surface area (Å²) in [7, 11) is 1.93. The molecule has 4 nitrogen and oxygen atoms in total. The molecule has 0 saturated carbocycles. The number of nitrogens with zero attached hydrogens (tertiary/aromatic N) is 4. The Labute approximate surface area is 70.5 Å². The van der Waals surface area contributed by atoms with Gasteiger partial charge in [0, 0.05) is 12.5 Å². The molecule has 0 spiro atoms.